The minimum Gasteiger partial charge on any atom is -0.420 e. The largest absolute Gasteiger partial charge is 0.420 e. The van der Waals surface area contributed by atoms with Gasteiger partial charge in [0.05, 0.1) is 11.1 Å². The molecule has 0 saturated carbocycles. The van der Waals surface area contributed by atoms with E-state index in [0.717, 1.165) is 11.1 Å². The van der Waals surface area contributed by atoms with Crippen LogP contribution >= 0.6 is 0 Å². The van der Waals surface area contributed by atoms with Gasteiger partial charge in [0.25, 0.3) is 0 Å². The van der Waals surface area contributed by atoms with Crippen LogP contribution < -0.4 is 9.47 Å². The van der Waals surface area contributed by atoms with Crippen molar-refractivity contribution in [2.24, 2.45) is 0 Å². The zero-order chi connectivity index (χ0) is 22.0. The Labute approximate surface area is 172 Å². The first-order valence-corrected chi connectivity index (χ1v) is 9.08. The Kier molecular flexibility index (Phi) is 5.91. The number of pyridine rings is 1. The highest BCUT2D eigenvalue weighted by Gasteiger charge is 2.19. The first-order chi connectivity index (χ1) is 14.2. The maximum Gasteiger partial charge on any atom is 0.345 e. The Morgan fingerprint density at radius 3 is 1.50 bits per heavy atom. The van der Waals surface area contributed by atoms with E-state index in [4.69, 9.17) is 9.47 Å². The van der Waals surface area contributed by atoms with Crippen LogP contribution in [0.5, 0.6) is 11.5 Å². The molecule has 0 bridgehead atoms. The summed E-state index contributed by atoms with van der Waals surface area (Å²) in [7, 11) is 0. The molecule has 1 aromatic heterocycles. The van der Waals surface area contributed by atoms with Gasteiger partial charge in [-0.2, -0.15) is 0 Å². The summed E-state index contributed by atoms with van der Waals surface area (Å²) in [5.74, 6) is -3.52. The number of ether oxygens (including phenoxy) is 2. The minimum atomic E-state index is -0.890. The fourth-order valence-electron chi connectivity index (χ4n) is 2.95. The normalized spacial score (nSPS) is 10.6. The van der Waals surface area contributed by atoms with Crippen molar-refractivity contribution in [3.8, 4) is 11.5 Å². The molecule has 0 aliphatic heterocycles. The summed E-state index contributed by atoms with van der Waals surface area (Å²) in [6.45, 7) is 6.61. The van der Waals surface area contributed by atoms with Crippen molar-refractivity contribution >= 4 is 11.9 Å². The average molecular weight is 411 g/mol. The second kappa shape index (κ2) is 8.41. The third-order valence-corrected chi connectivity index (χ3v) is 4.35. The predicted octanol–water partition coefficient (Wildman–Crippen LogP) is 5.03. The van der Waals surface area contributed by atoms with Crippen LogP contribution in [0.4, 0.5) is 8.78 Å². The molecule has 5 nitrogen and oxygen atoms in total. The second-order valence-electron chi connectivity index (χ2n) is 7.03. The molecule has 3 aromatic rings. The zero-order valence-corrected chi connectivity index (χ0v) is 16.9. The molecule has 0 radical (unpaired) electrons. The Balaban J connectivity index is 1.82. The number of carbonyl (C=O) groups excluding carboxylic acids is 2. The molecule has 0 fully saturated rings. The van der Waals surface area contributed by atoms with E-state index >= 15 is 0 Å². The van der Waals surface area contributed by atoms with Gasteiger partial charge in [-0.15, -0.1) is 0 Å². The van der Waals surface area contributed by atoms with E-state index in [-0.39, 0.29) is 22.6 Å². The number of aromatic nitrogens is 1. The lowest BCUT2D eigenvalue weighted by atomic mass is 10.1. The van der Waals surface area contributed by atoms with Crippen LogP contribution in [-0.2, 0) is 0 Å². The number of nitrogens with zero attached hydrogens (tertiary/aromatic N) is 1. The third-order valence-electron chi connectivity index (χ3n) is 4.35. The lowest BCUT2D eigenvalue weighted by Crippen LogP contribution is -2.14. The monoisotopic (exact) mass is 411 g/mol. The summed E-state index contributed by atoms with van der Waals surface area (Å²) in [6.07, 6.45) is 2.36. The fraction of sp³-hybridized carbons (Fsp3) is 0.174. The molecule has 7 heteroatoms. The fourth-order valence-corrected chi connectivity index (χ4v) is 2.95. The van der Waals surface area contributed by atoms with Crippen LogP contribution in [0, 0.1) is 39.3 Å². The van der Waals surface area contributed by atoms with Crippen LogP contribution in [0.1, 0.15) is 43.0 Å². The van der Waals surface area contributed by atoms with Gasteiger partial charge in [0.2, 0.25) is 0 Å². The highest BCUT2D eigenvalue weighted by molar-refractivity contribution is 5.96. The third kappa shape index (κ3) is 4.51. The van der Waals surface area contributed by atoms with Gasteiger partial charge in [-0.3, -0.25) is 4.98 Å². The standard InChI is InChI=1S/C23H19F2NO4/c1-12-5-14(3)20(24)18(7-12)29-22(27)16-9-17(11-26-10-16)23(28)30-19-8-13(2)6-15(4)21(19)25/h5-11H,1-4H3. The summed E-state index contributed by atoms with van der Waals surface area (Å²) >= 11 is 0. The van der Waals surface area contributed by atoms with Gasteiger partial charge < -0.3 is 9.47 Å². The molecule has 0 unspecified atom stereocenters. The zero-order valence-electron chi connectivity index (χ0n) is 16.9. The molecule has 3 rings (SSSR count). The second-order valence-corrected chi connectivity index (χ2v) is 7.03. The first-order valence-electron chi connectivity index (χ1n) is 9.08. The van der Waals surface area contributed by atoms with Gasteiger partial charge in [-0.25, -0.2) is 18.4 Å². The molecule has 1 heterocycles. The predicted molar refractivity (Wildman–Crippen MR) is 106 cm³/mol. The Morgan fingerprint density at radius 1 is 0.700 bits per heavy atom. The van der Waals surface area contributed by atoms with Gasteiger partial charge in [0.1, 0.15) is 0 Å². The molecule has 30 heavy (non-hydrogen) atoms. The Hall–Kier alpha value is -3.61. The number of hydrogen-bond donors (Lipinski definition) is 0. The van der Waals surface area contributed by atoms with Gasteiger partial charge in [0.15, 0.2) is 23.1 Å². The average Bonchev–Trinajstić information content (AvgIpc) is 2.69. The van der Waals surface area contributed by atoms with Crippen LogP contribution in [0.3, 0.4) is 0 Å². The van der Waals surface area contributed by atoms with E-state index in [0.29, 0.717) is 11.1 Å². The topological polar surface area (TPSA) is 65.5 Å². The highest BCUT2D eigenvalue weighted by atomic mass is 19.1. The molecule has 2 aromatic carbocycles. The number of aryl methyl sites for hydroxylation is 4. The number of carbonyl (C=O) groups is 2. The summed E-state index contributed by atoms with van der Waals surface area (Å²) in [6, 6.07) is 7.23. The molecule has 154 valence electrons. The number of esters is 2. The van der Waals surface area contributed by atoms with E-state index in [1.165, 1.54) is 30.6 Å². The van der Waals surface area contributed by atoms with E-state index in [2.05, 4.69) is 4.98 Å². The van der Waals surface area contributed by atoms with Gasteiger partial charge in [-0.1, -0.05) is 12.1 Å². The minimum absolute atomic E-state index is 0.0797. The molecule has 0 atom stereocenters. The van der Waals surface area contributed by atoms with Crippen LogP contribution in [0.25, 0.3) is 0 Å². The molecular formula is C23H19F2NO4. The number of hydrogen-bond acceptors (Lipinski definition) is 5. The van der Waals surface area contributed by atoms with E-state index < -0.39 is 23.6 Å². The Bertz CT molecular complexity index is 1070. The SMILES string of the molecule is Cc1cc(C)c(F)c(OC(=O)c2cncc(C(=O)Oc3cc(C)cc(C)c3F)c2)c1. The summed E-state index contributed by atoms with van der Waals surface area (Å²) in [5.41, 5.74) is 1.96. The smallest absolute Gasteiger partial charge is 0.345 e. The number of benzene rings is 2. The van der Waals surface area contributed by atoms with Crippen LogP contribution in [-0.4, -0.2) is 16.9 Å². The summed E-state index contributed by atoms with van der Waals surface area (Å²) in [4.78, 5) is 28.7. The van der Waals surface area contributed by atoms with E-state index in [1.54, 1.807) is 39.8 Å². The van der Waals surface area contributed by atoms with Gasteiger partial charge >= 0.3 is 11.9 Å². The van der Waals surface area contributed by atoms with Crippen LogP contribution in [0.2, 0.25) is 0 Å². The van der Waals surface area contributed by atoms with Crippen molar-refractivity contribution in [3.63, 3.8) is 0 Å². The summed E-state index contributed by atoms with van der Waals surface area (Å²) < 4.78 is 38.7. The molecular weight excluding hydrogens is 392 g/mol. The van der Waals surface area contributed by atoms with Crippen molar-refractivity contribution in [3.05, 3.63) is 87.7 Å². The molecule has 0 aliphatic carbocycles. The van der Waals surface area contributed by atoms with E-state index in [1.807, 2.05) is 0 Å². The van der Waals surface area contributed by atoms with Crippen molar-refractivity contribution in [2.75, 3.05) is 0 Å². The molecule has 0 saturated heterocycles. The van der Waals surface area contributed by atoms with Crippen molar-refractivity contribution in [1.29, 1.82) is 0 Å². The Morgan fingerprint density at radius 2 is 1.10 bits per heavy atom. The molecule has 0 amide bonds. The lowest BCUT2D eigenvalue weighted by molar-refractivity contribution is 0.0726. The van der Waals surface area contributed by atoms with Gasteiger partial charge in [-0.05, 0) is 68.1 Å². The maximum absolute atomic E-state index is 14.2. The number of halogens is 2. The first kappa shape index (κ1) is 21.1. The molecule has 0 aliphatic rings. The maximum atomic E-state index is 14.2. The van der Waals surface area contributed by atoms with Crippen LogP contribution in [0.15, 0.2) is 42.7 Å². The lowest BCUT2D eigenvalue weighted by Gasteiger charge is -2.10. The van der Waals surface area contributed by atoms with Crippen molar-refractivity contribution < 1.29 is 27.8 Å². The van der Waals surface area contributed by atoms with Crippen molar-refractivity contribution in [2.45, 2.75) is 27.7 Å². The summed E-state index contributed by atoms with van der Waals surface area (Å²) in [5, 5.41) is 0. The molecule has 0 N–H and O–H groups in total. The van der Waals surface area contributed by atoms with Crippen molar-refractivity contribution in [1.82, 2.24) is 4.98 Å². The molecule has 0 spiro atoms. The van der Waals surface area contributed by atoms with Gasteiger partial charge in [0, 0.05) is 12.4 Å². The van der Waals surface area contributed by atoms with E-state index in [9.17, 15) is 18.4 Å². The quantitative estimate of drug-likeness (QED) is 0.445. The highest BCUT2D eigenvalue weighted by Crippen LogP contribution is 2.25. The number of rotatable bonds is 4.